The zero-order valence-corrected chi connectivity index (χ0v) is 41.6. The first-order valence-corrected chi connectivity index (χ1v) is 22.7. The summed E-state index contributed by atoms with van der Waals surface area (Å²) in [5.41, 5.74) is 10.3. The lowest BCUT2D eigenvalue weighted by Gasteiger charge is -2.15. The summed E-state index contributed by atoms with van der Waals surface area (Å²) >= 11 is 0. The summed E-state index contributed by atoms with van der Waals surface area (Å²) in [6.45, 7) is 12.7. The van der Waals surface area contributed by atoms with Crippen molar-refractivity contribution in [1.82, 2.24) is 78.7 Å². The fourth-order valence-corrected chi connectivity index (χ4v) is 6.12. The van der Waals surface area contributed by atoms with Crippen LogP contribution in [0.2, 0.25) is 0 Å². The van der Waals surface area contributed by atoms with Crippen LogP contribution in [0.4, 0.5) is 5.95 Å². The number of hydrogen-bond acceptors (Lipinski definition) is 22. The number of nitrogens with one attached hydrogen (secondary N) is 4. The summed E-state index contributed by atoms with van der Waals surface area (Å²) in [7, 11) is 0. The van der Waals surface area contributed by atoms with Crippen molar-refractivity contribution in [3.05, 3.63) is 131 Å². The second-order valence-electron chi connectivity index (χ2n) is 15.5. The van der Waals surface area contributed by atoms with Crippen LogP contribution in [0.25, 0.3) is 39.3 Å². The lowest BCUT2D eigenvalue weighted by atomic mass is 10.2. The Kier molecular flexibility index (Phi) is 22.8. The van der Waals surface area contributed by atoms with Gasteiger partial charge in [0, 0.05) is 62.1 Å². The van der Waals surface area contributed by atoms with Crippen molar-refractivity contribution in [1.29, 1.82) is 0 Å². The zero-order valence-electron chi connectivity index (χ0n) is 41.6. The number of nitrogens with two attached hydrogens (primary N) is 1. The number of H-pyrrole nitrogens is 2. The minimum Gasteiger partial charge on any atom is -0.463 e. The monoisotopic (exact) mass is 1040 g/mol. The normalized spacial score (nSPS) is 11.7. The maximum absolute atomic E-state index is 11.7. The first-order valence-electron chi connectivity index (χ1n) is 22.7. The zero-order chi connectivity index (χ0) is 54.1. The van der Waals surface area contributed by atoms with E-state index in [9.17, 15) is 19.2 Å². The van der Waals surface area contributed by atoms with Crippen LogP contribution in [0, 0.1) is 20.8 Å². The average molecular weight is 1040 g/mol. The Morgan fingerprint density at radius 1 is 0.600 bits per heavy atom. The molecule has 7 aromatic rings. The van der Waals surface area contributed by atoms with Gasteiger partial charge >= 0.3 is 5.97 Å². The quantitative estimate of drug-likeness (QED) is 0.0346. The molecule has 0 spiro atoms. The van der Waals surface area contributed by atoms with Gasteiger partial charge in [-0.1, -0.05) is 6.58 Å². The number of carbonyl (C=O) groups is 2. The van der Waals surface area contributed by atoms with Gasteiger partial charge in [-0.15, -0.1) is 0 Å². The Morgan fingerprint density at radius 3 is 1.43 bits per heavy atom. The van der Waals surface area contributed by atoms with E-state index in [4.69, 9.17) is 44.7 Å². The summed E-state index contributed by atoms with van der Waals surface area (Å²) in [6.07, 6.45) is 19.4. The first-order chi connectivity index (χ1) is 36.2. The SMILES string of the molecule is C=C1NC=C(c2cn(COCCO)cn2)C(=O)N1.CC(=O)OCCOCn1cnc(-c2cnc(N)nc2C)c1.Cc1ncc(-c2cn(COCCO)cn2)c(=O)[nH]1.Cc1ncc(-c2cn(COCCO)cn2)c(=O)[nH]1. The number of esters is 1. The van der Waals surface area contributed by atoms with E-state index in [1.165, 1.54) is 19.3 Å². The second-order valence-corrected chi connectivity index (χ2v) is 15.5. The fourth-order valence-electron chi connectivity index (χ4n) is 6.12. The van der Waals surface area contributed by atoms with Gasteiger partial charge in [-0.05, 0) is 20.8 Å². The van der Waals surface area contributed by atoms with Gasteiger partial charge in [-0.3, -0.25) is 19.2 Å². The second kappa shape index (κ2) is 29.8. The molecule has 0 saturated heterocycles. The Balaban J connectivity index is 0.000000185. The van der Waals surface area contributed by atoms with Crippen LogP contribution in [-0.4, -0.2) is 148 Å². The highest BCUT2D eigenvalue weighted by Crippen LogP contribution is 2.20. The molecular weight excluding hydrogens is 983 g/mol. The number of aryl methyl sites for hydroxylation is 3. The molecule has 0 aromatic carbocycles. The van der Waals surface area contributed by atoms with Crippen LogP contribution in [0.1, 0.15) is 30.0 Å². The third-order valence-corrected chi connectivity index (χ3v) is 9.59. The molecule has 0 radical (unpaired) electrons. The molecule has 1 amide bonds. The fraction of sp³-hybridized carbons (Fsp3) is 0.348. The van der Waals surface area contributed by atoms with Gasteiger partial charge < -0.3 is 83.6 Å². The number of imidazole rings is 4. The van der Waals surface area contributed by atoms with Gasteiger partial charge in [0.1, 0.15) is 51.0 Å². The molecule has 1 aliphatic rings. The molecular formula is C46H59N17O12. The van der Waals surface area contributed by atoms with Gasteiger partial charge in [0.05, 0.1) is 117 Å². The minimum absolute atomic E-state index is 0.0247. The molecule has 29 heteroatoms. The number of anilines is 1. The number of amides is 1. The van der Waals surface area contributed by atoms with Crippen molar-refractivity contribution in [2.24, 2.45) is 0 Å². The van der Waals surface area contributed by atoms with Crippen LogP contribution in [0.5, 0.6) is 0 Å². The van der Waals surface area contributed by atoms with Crippen molar-refractivity contribution in [2.75, 3.05) is 58.6 Å². The standard InChI is InChI=1S/C13H17N5O3.3C11H14N4O3/c1-9-11(5-15-13(14)17-9)12-6-18(7-16-12)8-20-3-4-21-10(2)19;3*1-8-12-4-9(11(17)14-8)10-5-15(6-13-10)7-18-3-2-16/h5-7H,3-4,8H2,1-2H3,(H2,14,15,17);2*4-6,16H,2-3,7H2,1H3,(H,12,14,17);4-6,12,16H,1-3,7H2,(H,14,17). The highest BCUT2D eigenvalue weighted by molar-refractivity contribution is 6.20. The van der Waals surface area contributed by atoms with Crippen LogP contribution < -0.4 is 27.5 Å². The molecule has 0 saturated carbocycles. The van der Waals surface area contributed by atoms with E-state index in [-0.39, 0.29) is 95.4 Å². The lowest BCUT2D eigenvalue weighted by molar-refractivity contribution is -0.142. The summed E-state index contributed by atoms with van der Waals surface area (Å²) < 4.78 is 32.4. The van der Waals surface area contributed by atoms with E-state index in [0.717, 1.165) is 17.0 Å². The van der Waals surface area contributed by atoms with E-state index in [0.29, 0.717) is 64.6 Å². The third-order valence-electron chi connectivity index (χ3n) is 9.59. The maximum Gasteiger partial charge on any atom is 0.302 e. The Hall–Kier alpha value is -8.58. The van der Waals surface area contributed by atoms with Gasteiger partial charge in [0.15, 0.2) is 0 Å². The molecule has 29 nitrogen and oxygen atoms in total. The number of aromatic nitrogens is 14. The molecule has 0 fully saturated rings. The van der Waals surface area contributed by atoms with Gasteiger partial charge in [0.2, 0.25) is 5.95 Å². The highest BCUT2D eigenvalue weighted by Gasteiger charge is 2.19. The molecule has 8 heterocycles. The van der Waals surface area contributed by atoms with Gasteiger partial charge in [0.25, 0.3) is 17.0 Å². The number of hydrogen-bond donors (Lipinski definition) is 8. The molecule has 8 rings (SSSR count). The molecule has 9 N–H and O–H groups in total. The molecule has 0 atom stereocenters. The van der Waals surface area contributed by atoms with E-state index in [2.05, 4.69) is 67.1 Å². The van der Waals surface area contributed by atoms with E-state index < -0.39 is 0 Å². The molecule has 7 aromatic heterocycles. The molecule has 75 heavy (non-hydrogen) atoms. The Bertz CT molecular complexity index is 2980. The summed E-state index contributed by atoms with van der Waals surface area (Å²) in [4.78, 5) is 83.7. The van der Waals surface area contributed by atoms with Gasteiger partial charge in [-0.25, -0.2) is 39.9 Å². The van der Waals surface area contributed by atoms with Crippen LogP contribution in [0.3, 0.4) is 0 Å². The van der Waals surface area contributed by atoms with Gasteiger partial charge in [-0.2, -0.15) is 0 Å². The number of aliphatic hydroxyl groups excluding tert-OH is 3. The number of aliphatic hydroxyl groups is 3. The average Bonchev–Trinajstić information content (AvgIpc) is 4.22. The highest BCUT2D eigenvalue weighted by atomic mass is 16.6. The number of ether oxygens (including phenoxy) is 5. The van der Waals surface area contributed by atoms with Crippen molar-refractivity contribution in [3.8, 4) is 33.8 Å². The minimum atomic E-state index is -0.317. The largest absolute Gasteiger partial charge is 0.463 e. The van der Waals surface area contributed by atoms with E-state index in [1.807, 2.05) is 13.1 Å². The van der Waals surface area contributed by atoms with Crippen molar-refractivity contribution in [2.45, 2.75) is 54.6 Å². The lowest BCUT2D eigenvalue weighted by Crippen LogP contribution is -2.34. The molecule has 1 aliphatic heterocycles. The smallest absolute Gasteiger partial charge is 0.302 e. The number of nitrogens with zero attached hydrogens (tertiary/aromatic N) is 12. The Labute approximate surface area is 427 Å². The molecule has 0 aliphatic carbocycles. The van der Waals surface area contributed by atoms with Crippen molar-refractivity contribution in [3.63, 3.8) is 0 Å². The third kappa shape index (κ3) is 18.8. The van der Waals surface area contributed by atoms with Crippen LogP contribution >= 0.6 is 0 Å². The van der Waals surface area contributed by atoms with Crippen LogP contribution in [-0.2, 0) is 60.2 Å². The first kappa shape index (κ1) is 57.3. The number of rotatable bonds is 21. The van der Waals surface area contributed by atoms with Crippen molar-refractivity contribution >= 4 is 23.4 Å². The maximum atomic E-state index is 11.7. The summed E-state index contributed by atoms with van der Waals surface area (Å²) in [6, 6.07) is 0. The predicted octanol–water partition coefficient (Wildman–Crippen LogP) is -0.0346. The Morgan fingerprint density at radius 2 is 1.01 bits per heavy atom. The molecule has 0 unspecified atom stereocenters. The summed E-state index contributed by atoms with van der Waals surface area (Å²) in [5.74, 6) is 1.24. The summed E-state index contributed by atoms with van der Waals surface area (Å²) in [5, 5.41) is 31.1. The van der Waals surface area contributed by atoms with Crippen LogP contribution in [0.15, 0.2) is 96.9 Å². The topological polar surface area (TPSA) is 380 Å². The number of nitrogen functional groups attached to an aromatic ring is 1. The van der Waals surface area contributed by atoms with Crippen molar-refractivity contribution < 1.29 is 48.6 Å². The van der Waals surface area contributed by atoms with E-state index >= 15 is 0 Å². The molecule has 400 valence electrons. The number of carbonyl (C=O) groups excluding carboxylic acids is 2. The molecule has 0 bridgehead atoms. The number of aromatic amines is 2. The predicted molar refractivity (Wildman–Crippen MR) is 266 cm³/mol. The van der Waals surface area contributed by atoms with E-state index in [1.54, 1.807) is 88.4 Å².